The van der Waals surface area contributed by atoms with Gasteiger partial charge in [0.05, 0.1) is 0 Å². The molecule has 0 unspecified atom stereocenters. The topological polar surface area (TPSA) is 48.8 Å². The molecule has 74 valence electrons. The smallest absolute Gasteiger partial charge is 0.0257 e. The molecule has 13 heavy (non-hydrogen) atoms. The summed E-state index contributed by atoms with van der Waals surface area (Å²) >= 11 is 0. The predicted octanol–water partition coefficient (Wildman–Crippen LogP) is 4.05. The fourth-order valence-electron chi connectivity index (χ4n) is 2.14. The molecule has 0 spiro atoms. The zero-order chi connectivity index (χ0) is 9.36. The summed E-state index contributed by atoms with van der Waals surface area (Å²) in [5, 5.41) is 3.53. The minimum absolute atomic E-state index is 0.684. The Morgan fingerprint density at radius 1 is 1.15 bits per heavy atom. The first-order valence-corrected chi connectivity index (χ1v) is 5.44. The summed E-state index contributed by atoms with van der Waals surface area (Å²) < 4.78 is 0. The molecule has 0 aliphatic heterocycles. The molecule has 0 atom stereocenters. The van der Waals surface area contributed by atoms with Crippen LogP contribution < -0.4 is 0 Å². The minimum Gasteiger partial charge on any atom is -0.0940 e. The Morgan fingerprint density at radius 3 is 2.62 bits per heavy atom. The molecule has 0 aromatic rings. The van der Waals surface area contributed by atoms with Crippen LogP contribution in [0.1, 0.15) is 51.4 Å². The molecule has 1 fully saturated rings. The first-order valence-electron chi connectivity index (χ1n) is 5.44. The predicted molar refractivity (Wildman–Crippen MR) is 54.4 cm³/mol. The standard InChI is InChI=1S/C10H19N3/c11-13-12-9-5-4-8-10-6-2-1-3-7-10/h10H,1-9H2. The average Bonchev–Trinajstić information content (AvgIpc) is 2.19. The lowest BCUT2D eigenvalue weighted by Crippen LogP contribution is -2.05. The van der Waals surface area contributed by atoms with Crippen LogP contribution in [-0.2, 0) is 0 Å². The van der Waals surface area contributed by atoms with Crippen molar-refractivity contribution in [2.45, 2.75) is 51.4 Å². The Kier molecular flexibility index (Phi) is 5.42. The van der Waals surface area contributed by atoms with Crippen molar-refractivity contribution in [1.82, 2.24) is 0 Å². The van der Waals surface area contributed by atoms with Gasteiger partial charge in [0.15, 0.2) is 0 Å². The van der Waals surface area contributed by atoms with Crippen LogP contribution in [0.2, 0.25) is 0 Å². The second-order valence-corrected chi connectivity index (χ2v) is 3.95. The Morgan fingerprint density at radius 2 is 1.92 bits per heavy atom. The SMILES string of the molecule is [N-]=[N+]=NCCCCC1CCCCC1. The maximum absolute atomic E-state index is 8.07. The molecule has 0 radical (unpaired) electrons. The second-order valence-electron chi connectivity index (χ2n) is 3.95. The summed E-state index contributed by atoms with van der Waals surface area (Å²) in [5.41, 5.74) is 8.07. The van der Waals surface area contributed by atoms with E-state index in [2.05, 4.69) is 10.0 Å². The van der Waals surface area contributed by atoms with Gasteiger partial charge < -0.3 is 0 Å². The van der Waals surface area contributed by atoms with Crippen LogP contribution in [0, 0.1) is 5.92 Å². The molecule has 1 saturated carbocycles. The van der Waals surface area contributed by atoms with E-state index in [0.717, 1.165) is 12.3 Å². The zero-order valence-corrected chi connectivity index (χ0v) is 8.28. The molecule has 3 heteroatoms. The molecule has 0 heterocycles. The highest BCUT2D eigenvalue weighted by Gasteiger charge is 2.11. The molecular formula is C10H19N3. The Hall–Kier alpha value is -0.690. The number of hydrogen-bond acceptors (Lipinski definition) is 1. The molecule has 1 aliphatic rings. The molecule has 1 aliphatic carbocycles. The third kappa shape index (κ3) is 4.79. The summed E-state index contributed by atoms with van der Waals surface area (Å²) in [6.07, 6.45) is 10.8. The summed E-state index contributed by atoms with van der Waals surface area (Å²) in [7, 11) is 0. The van der Waals surface area contributed by atoms with Crippen LogP contribution in [0.4, 0.5) is 0 Å². The van der Waals surface area contributed by atoms with Crippen LogP contribution in [0.5, 0.6) is 0 Å². The van der Waals surface area contributed by atoms with Crippen molar-refractivity contribution in [3.05, 3.63) is 10.4 Å². The van der Waals surface area contributed by atoms with E-state index in [0.29, 0.717) is 6.54 Å². The summed E-state index contributed by atoms with van der Waals surface area (Å²) in [6, 6.07) is 0. The van der Waals surface area contributed by atoms with Crippen molar-refractivity contribution < 1.29 is 0 Å². The molecule has 0 amide bonds. The van der Waals surface area contributed by atoms with Gasteiger partial charge in [-0.2, -0.15) is 0 Å². The molecule has 3 nitrogen and oxygen atoms in total. The highest BCUT2D eigenvalue weighted by Crippen LogP contribution is 2.27. The summed E-state index contributed by atoms with van der Waals surface area (Å²) in [5.74, 6) is 0.972. The van der Waals surface area contributed by atoms with E-state index in [1.54, 1.807) is 0 Å². The van der Waals surface area contributed by atoms with Crippen LogP contribution >= 0.6 is 0 Å². The van der Waals surface area contributed by atoms with Gasteiger partial charge in [-0.25, -0.2) is 0 Å². The van der Waals surface area contributed by atoms with Crippen LogP contribution in [0.25, 0.3) is 10.4 Å². The third-order valence-corrected chi connectivity index (χ3v) is 2.91. The number of nitrogens with zero attached hydrogens (tertiary/aromatic N) is 3. The van der Waals surface area contributed by atoms with E-state index in [4.69, 9.17) is 5.53 Å². The zero-order valence-electron chi connectivity index (χ0n) is 8.28. The van der Waals surface area contributed by atoms with Gasteiger partial charge in [-0.3, -0.25) is 0 Å². The summed E-state index contributed by atoms with van der Waals surface area (Å²) in [4.78, 5) is 2.75. The molecule has 0 N–H and O–H groups in total. The van der Waals surface area contributed by atoms with Crippen LogP contribution in [0.3, 0.4) is 0 Å². The number of unbranched alkanes of at least 4 members (excludes halogenated alkanes) is 1. The number of hydrogen-bond donors (Lipinski definition) is 0. The second kappa shape index (κ2) is 6.79. The lowest BCUT2D eigenvalue weighted by atomic mass is 9.86. The maximum Gasteiger partial charge on any atom is 0.0257 e. The van der Waals surface area contributed by atoms with E-state index in [1.807, 2.05) is 0 Å². The van der Waals surface area contributed by atoms with Gasteiger partial charge in [0.25, 0.3) is 0 Å². The minimum atomic E-state index is 0.684. The van der Waals surface area contributed by atoms with Crippen molar-refractivity contribution in [2.24, 2.45) is 11.0 Å². The fourth-order valence-corrected chi connectivity index (χ4v) is 2.14. The lowest BCUT2D eigenvalue weighted by Gasteiger charge is -2.20. The van der Waals surface area contributed by atoms with Gasteiger partial charge >= 0.3 is 0 Å². The first-order chi connectivity index (χ1) is 6.43. The van der Waals surface area contributed by atoms with Gasteiger partial charge in [-0.05, 0) is 17.9 Å². The van der Waals surface area contributed by atoms with Gasteiger partial charge in [-0.1, -0.05) is 50.1 Å². The van der Waals surface area contributed by atoms with Crippen molar-refractivity contribution in [2.75, 3.05) is 6.54 Å². The Balaban J connectivity index is 1.94. The van der Waals surface area contributed by atoms with E-state index in [9.17, 15) is 0 Å². The maximum atomic E-state index is 8.07. The fraction of sp³-hybridized carbons (Fsp3) is 1.00. The van der Waals surface area contributed by atoms with Gasteiger partial charge in [0.1, 0.15) is 0 Å². The van der Waals surface area contributed by atoms with Crippen molar-refractivity contribution >= 4 is 0 Å². The first kappa shape index (κ1) is 10.4. The third-order valence-electron chi connectivity index (χ3n) is 2.91. The molecule has 0 saturated heterocycles. The molecule has 0 bridgehead atoms. The monoisotopic (exact) mass is 181 g/mol. The number of rotatable bonds is 5. The average molecular weight is 181 g/mol. The van der Waals surface area contributed by atoms with Crippen molar-refractivity contribution in [1.29, 1.82) is 0 Å². The van der Waals surface area contributed by atoms with E-state index >= 15 is 0 Å². The van der Waals surface area contributed by atoms with Gasteiger partial charge in [-0.15, -0.1) is 0 Å². The quantitative estimate of drug-likeness (QED) is 0.266. The molecule has 0 aromatic carbocycles. The number of azide groups is 1. The van der Waals surface area contributed by atoms with E-state index < -0.39 is 0 Å². The van der Waals surface area contributed by atoms with Crippen LogP contribution in [0.15, 0.2) is 5.11 Å². The van der Waals surface area contributed by atoms with Crippen molar-refractivity contribution in [3.8, 4) is 0 Å². The molecule has 0 aromatic heterocycles. The normalized spacial score (nSPS) is 18.2. The highest BCUT2D eigenvalue weighted by molar-refractivity contribution is 4.65. The van der Waals surface area contributed by atoms with E-state index in [1.165, 1.54) is 44.9 Å². The summed E-state index contributed by atoms with van der Waals surface area (Å²) in [6.45, 7) is 0.684. The van der Waals surface area contributed by atoms with E-state index in [-0.39, 0.29) is 0 Å². The lowest BCUT2D eigenvalue weighted by molar-refractivity contribution is 0.330. The Labute approximate surface area is 80.2 Å². The molecule has 1 rings (SSSR count). The molecular weight excluding hydrogens is 162 g/mol. The largest absolute Gasteiger partial charge is 0.0940 e. The van der Waals surface area contributed by atoms with Gasteiger partial charge in [0.2, 0.25) is 0 Å². The van der Waals surface area contributed by atoms with Gasteiger partial charge in [0, 0.05) is 11.5 Å². The van der Waals surface area contributed by atoms with Crippen LogP contribution in [-0.4, -0.2) is 6.54 Å². The van der Waals surface area contributed by atoms with Crippen molar-refractivity contribution in [3.63, 3.8) is 0 Å². The highest BCUT2D eigenvalue weighted by atomic mass is 15.1. The Bertz CT molecular complexity index is 167.